The Morgan fingerprint density at radius 1 is 1.29 bits per heavy atom. The van der Waals surface area contributed by atoms with Crippen LogP contribution in [0.5, 0.6) is 0 Å². The van der Waals surface area contributed by atoms with Gasteiger partial charge in [-0.1, -0.05) is 18.8 Å². The molecule has 1 aromatic rings. The molecule has 1 fully saturated rings. The predicted octanol–water partition coefficient (Wildman–Crippen LogP) is 4.71. The number of ether oxygens (including phenoxy) is 1. The third-order valence-corrected chi connectivity index (χ3v) is 6.43. The molecule has 190 valence electrons. The van der Waals surface area contributed by atoms with Crippen molar-refractivity contribution in [2.45, 2.75) is 65.9 Å². The Hall–Kier alpha value is -2.83. The first kappa shape index (κ1) is 26.8. The highest BCUT2D eigenvalue weighted by atomic mass is 32.1. The van der Waals surface area contributed by atoms with Gasteiger partial charge in [0.05, 0.1) is 22.0 Å². The maximum absolute atomic E-state index is 13.0. The SMILES string of the molecule is CCCN(OCC)C(=O)C1=Cc2sc(C#CC3CCN(C(=O)OC(C)(C)C)CC3)cc2N=C(N)C1. The quantitative estimate of drug-likeness (QED) is 0.466. The van der Waals surface area contributed by atoms with E-state index in [-0.39, 0.29) is 24.3 Å². The second kappa shape index (κ2) is 11.7. The highest BCUT2D eigenvalue weighted by molar-refractivity contribution is 7.14. The first-order valence-electron chi connectivity index (χ1n) is 12.2. The van der Waals surface area contributed by atoms with Gasteiger partial charge in [-0.2, -0.15) is 0 Å². The van der Waals surface area contributed by atoms with Gasteiger partial charge >= 0.3 is 6.09 Å². The number of hydrogen-bond acceptors (Lipinski definition) is 7. The summed E-state index contributed by atoms with van der Waals surface area (Å²) >= 11 is 1.50. The molecule has 0 saturated carbocycles. The van der Waals surface area contributed by atoms with Gasteiger partial charge in [0.25, 0.3) is 5.91 Å². The number of amides is 2. The summed E-state index contributed by atoms with van der Waals surface area (Å²) in [7, 11) is 0. The summed E-state index contributed by atoms with van der Waals surface area (Å²) in [6.45, 7) is 11.7. The number of nitrogens with zero attached hydrogens (tertiary/aromatic N) is 3. The number of hydroxylamine groups is 2. The number of fused-ring (bicyclic) bond motifs is 1. The summed E-state index contributed by atoms with van der Waals surface area (Å²) in [6, 6.07) is 1.92. The fourth-order valence-electron chi connectivity index (χ4n) is 3.83. The minimum absolute atomic E-state index is 0.183. The van der Waals surface area contributed by atoms with Crippen LogP contribution in [-0.4, -0.2) is 59.6 Å². The van der Waals surface area contributed by atoms with Crippen LogP contribution in [0.15, 0.2) is 16.6 Å². The number of carbonyl (C=O) groups excluding carboxylic acids is 2. The zero-order chi connectivity index (χ0) is 25.6. The van der Waals surface area contributed by atoms with E-state index in [0.717, 1.165) is 34.7 Å². The van der Waals surface area contributed by atoms with E-state index < -0.39 is 5.60 Å². The summed E-state index contributed by atoms with van der Waals surface area (Å²) in [5.74, 6) is 7.05. The standard InChI is InChI=1S/C26H36N4O4S/c1-6-12-30(33-7-2)24(31)19-15-22-21(28-23(27)16-19)17-20(35-22)9-8-18-10-13-29(14-11-18)25(32)34-26(3,4)5/h15,17-18H,6-7,10-14,16H2,1-5H3,(H2,27,28). The van der Waals surface area contributed by atoms with Crippen LogP contribution in [0.2, 0.25) is 0 Å². The summed E-state index contributed by atoms with van der Waals surface area (Å²) < 4.78 is 5.46. The van der Waals surface area contributed by atoms with Crippen LogP contribution in [0.3, 0.4) is 0 Å². The number of likely N-dealkylation sites (tertiary alicyclic amines) is 1. The van der Waals surface area contributed by atoms with E-state index in [1.807, 2.05) is 46.8 Å². The lowest BCUT2D eigenvalue weighted by Crippen LogP contribution is -2.41. The lowest BCUT2D eigenvalue weighted by molar-refractivity contribution is -0.180. The molecule has 0 aromatic carbocycles. The van der Waals surface area contributed by atoms with Crippen LogP contribution < -0.4 is 5.73 Å². The maximum atomic E-state index is 13.0. The van der Waals surface area contributed by atoms with Gasteiger partial charge in [-0.15, -0.1) is 11.3 Å². The van der Waals surface area contributed by atoms with Crippen molar-refractivity contribution in [1.82, 2.24) is 9.96 Å². The Morgan fingerprint density at radius 3 is 2.63 bits per heavy atom. The average Bonchev–Trinajstić information content (AvgIpc) is 3.09. The number of piperidine rings is 1. The number of rotatable bonds is 5. The van der Waals surface area contributed by atoms with Crippen LogP contribution in [0, 0.1) is 17.8 Å². The predicted molar refractivity (Wildman–Crippen MR) is 139 cm³/mol. The van der Waals surface area contributed by atoms with Crippen LogP contribution in [0.1, 0.15) is 70.1 Å². The van der Waals surface area contributed by atoms with E-state index in [2.05, 4.69) is 16.8 Å². The van der Waals surface area contributed by atoms with E-state index in [0.29, 0.717) is 37.6 Å². The Balaban J connectivity index is 1.69. The Kier molecular flexibility index (Phi) is 8.98. The first-order chi connectivity index (χ1) is 16.6. The lowest BCUT2D eigenvalue weighted by Gasteiger charge is -2.31. The van der Waals surface area contributed by atoms with E-state index in [1.165, 1.54) is 16.4 Å². The number of amidine groups is 1. The van der Waals surface area contributed by atoms with E-state index in [9.17, 15) is 9.59 Å². The van der Waals surface area contributed by atoms with Crippen LogP contribution in [0.25, 0.3) is 6.08 Å². The van der Waals surface area contributed by atoms with Gasteiger partial charge in [0.15, 0.2) is 0 Å². The van der Waals surface area contributed by atoms with Gasteiger partial charge in [-0.3, -0.25) is 9.63 Å². The zero-order valence-electron chi connectivity index (χ0n) is 21.3. The number of carbonyl (C=O) groups is 2. The third-order valence-electron chi connectivity index (χ3n) is 5.44. The molecule has 3 heterocycles. The number of thiophene rings is 1. The highest BCUT2D eigenvalue weighted by Crippen LogP contribution is 2.34. The second-order valence-electron chi connectivity index (χ2n) is 9.65. The molecule has 0 radical (unpaired) electrons. The number of nitrogens with two attached hydrogens (primary N) is 1. The highest BCUT2D eigenvalue weighted by Gasteiger charge is 2.26. The summed E-state index contributed by atoms with van der Waals surface area (Å²) in [4.78, 5) is 38.8. The Morgan fingerprint density at radius 2 is 2.00 bits per heavy atom. The number of hydrogen-bond donors (Lipinski definition) is 1. The molecule has 0 spiro atoms. The van der Waals surface area contributed by atoms with Crippen LogP contribution in [0.4, 0.5) is 10.5 Å². The van der Waals surface area contributed by atoms with Crippen molar-refractivity contribution in [3.63, 3.8) is 0 Å². The van der Waals surface area contributed by atoms with Crippen LogP contribution in [-0.2, 0) is 14.4 Å². The Labute approximate surface area is 212 Å². The molecule has 8 nitrogen and oxygen atoms in total. The van der Waals surface area contributed by atoms with Gasteiger partial charge in [0, 0.05) is 37.5 Å². The summed E-state index contributed by atoms with van der Waals surface area (Å²) in [6.07, 6.45) is 4.30. The van der Waals surface area contributed by atoms with Crippen molar-refractivity contribution in [1.29, 1.82) is 0 Å². The van der Waals surface area contributed by atoms with Crippen molar-refractivity contribution in [3.8, 4) is 11.8 Å². The lowest BCUT2D eigenvalue weighted by atomic mass is 9.98. The molecular formula is C26H36N4O4S. The van der Waals surface area contributed by atoms with Crippen LogP contribution >= 0.6 is 11.3 Å². The molecule has 35 heavy (non-hydrogen) atoms. The normalized spacial score (nSPS) is 16.3. The smallest absolute Gasteiger partial charge is 0.410 e. The van der Waals surface area contributed by atoms with Gasteiger partial charge < -0.3 is 15.4 Å². The molecule has 0 atom stereocenters. The fourth-order valence-corrected chi connectivity index (χ4v) is 4.76. The molecule has 9 heteroatoms. The van der Waals surface area contributed by atoms with Gasteiger partial charge in [-0.25, -0.2) is 14.9 Å². The minimum Gasteiger partial charge on any atom is -0.444 e. The van der Waals surface area contributed by atoms with E-state index >= 15 is 0 Å². The maximum Gasteiger partial charge on any atom is 0.410 e. The fraction of sp³-hybridized carbons (Fsp3) is 0.577. The van der Waals surface area contributed by atoms with E-state index in [1.54, 1.807) is 4.90 Å². The second-order valence-corrected chi connectivity index (χ2v) is 10.7. The van der Waals surface area contributed by atoms with Crippen molar-refractivity contribution < 1.29 is 19.2 Å². The van der Waals surface area contributed by atoms with Crippen molar-refractivity contribution in [3.05, 3.63) is 21.4 Å². The minimum atomic E-state index is -0.493. The van der Waals surface area contributed by atoms with Crippen molar-refractivity contribution >= 4 is 40.9 Å². The molecule has 2 aliphatic heterocycles. The van der Waals surface area contributed by atoms with E-state index in [4.69, 9.17) is 15.3 Å². The number of aliphatic imine (C=N–C) groups is 1. The molecular weight excluding hydrogens is 464 g/mol. The molecule has 0 bridgehead atoms. The average molecular weight is 501 g/mol. The van der Waals surface area contributed by atoms with Gasteiger partial charge in [0.1, 0.15) is 11.4 Å². The van der Waals surface area contributed by atoms with Crippen molar-refractivity contribution in [2.75, 3.05) is 26.2 Å². The zero-order valence-corrected chi connectivity index (χ0v) is 22.2. The van der Waals surface area contributed by atoms with Gasteiger partial charge in [-0.05, 0) is 59.1 Å². The molecule has 2 N–H and O–H groups in total. The largest absolute Gasteiger partial charge is 0.444 e. The molecule has 1 aromatic heterocycles. The molecule has 2 amide bonds. The molecule has 3 rings (SSSR count). The molecule has 0 aliphatic carbocycles. The molecule has 2 aliphatic rings. The molecule has 0 unspecified atom stereocenters. The Bertz CT molecular complexity index is 1040. The first-order valence-corrected chi connectivity index (χ1v) is 13.0. The monoisotopic (exact) mass is 500 g/mol. The molecule has 1 saturated heterocycles. The third kappa shape index (κ3) is 7.58. The summed E-state index contributed by atoms with van der Waals surface area (Å²) in [5.41, 5.74) is 6.92. The topological polar surface area (TPSA) is 97.5 Å². The van der Waals surface area contributed by atoms with Crippen molar-refractivity contribution in [2.24, 2.45) is 16.6 Å². The summed E-state index contributed by atoms with van der Waals surface area (Å²) in [5, 5.41) is 1.40. The van der Waals surface area contributed by atoms with Gasteiger partial charge in [0.2, 0.25) is 0 Å².